The first-order valence-corrected chi connectivity index (χ1v) is 6.67. The molecule has 0 amide bonds. The summed E-state index contributed by atoms with van der Waals surface area (Å²) in [5, 5.41) is 0.466. The van der Waals surface area contributed by atoms with Gasteiger partial charge in [0.15, 0.2) is 0 Å². The van der Waals surface area contributed by atoms with Crippen molar-refractivity contribution in [2.24, 2.45) is 11.3 Å². The van der Waals surface area contributed by atoms with E-state index in [0.717, 1.165) is 5.92 Å². The van der Waals surface area contributed by atoms with E-state index in [2.05, 4.69) is 20.8 Å². The third-order valence-corrected chi connectivity index (χ3v) is 3.32. The molecule has 1 fully saturated rings. The van der Waals surface area contributed by atoms with Crippen molar-refractivity contribution in [2.45, 2.75) is 51.8 Å². The van der Waals surface area contributed by atoms with Crippen LogP contribution < -0.4 is 0 Å². The van der Waals surface area contributed by atoms with Gasteiger partial charge in [-0.3, -0.25) is 9.11 Å². The Kier molecular flexibility index (Phi) is 7.00. The molecule has 0 unspecified atom stereocenters. The molecule has 0 aliphatic heterocycles. The molecule has 0 aromatic heterocycles. The van der Waals surface area contributed by atoms with E-state index in [4.69, 9.17) is 24.9 Å². The summed E-state index contributed by atoms with van der Waals surface area (Å²) in [6.45, 7) is 7.02. The van der Waals surface area contributed by atoms with Gasteiger partial charge in [-0.15, -0.1) is 11.6 Å². The van der Waals surface area contributed by atoms with Gasteiger partial charge in [0.2, 0.25) is 0 Å². The second-order valence-electron chi connectivity index (χ2n) is 5.05. The molecule has 0 aromatic carbocycles. The van der Waals surface area contributed by atoms with Gasteiger partial charge < -0.3 is 0 Å². The molecule has 0 heterocycles. The maximum atomic E-state index is 8.67. The Bertz CT molecular complexity index is 191. The highest BCUT2D eigenvalue weighted by Gasteiger charge is 2.28. The quantitative estimate of drug-likeness (QED) is 0.515. The van der Waals surface area contributed by atoms with E-state index in [-0.39, 0.29) is 0 Å². The smallest absolute Gasteiger partial charge is 0.284 e. The predicted octanol–water partition coefficient (Wildman–Crippen LogP) is 3.51. The molecule has 0 spiro atoms. The van der Waals surface area contributed by atoms with Crippen LogP contribution in [0.3, 0.4) is 0 Å². The molecule has 0 atom stereocenters. The van der Waals surface area contributed by atoms with Crippen molar-refractivity contribution in [3.8, 4) is 0 Å². The Morgan fingerprint density at radius 3 is 1.73 bits per heavy atom. The van der Waals surface area contributed by atoms with Crippen molar-refractivity contribution < 1.29 is 13.3 Å². The van der Waals surface area contributed by atoms with Crippen LogP contribution in [0.15, 0.2) is 0 Å². The molecule has 1 aliphatic carbocycles. The molecule has 1 saturated carbocycles. The van der Waals surface area contributed by atoms with Gasteiger partial charge in [-0.1, -0.05) is 20.8 Å². The summed E-state index contributed by atoms with van der Waals surface area (Å²) in [7, 11) is 0. The van der Waals surface area contributed by atoms with Crippen molar-refractivity contribution in [2.75, 3.05) is 0 Å². The SMILES string of the molecule is CC(C)(C)C1CCC(Cl)CC1.O=S(O)O. The Morgan fingerprint density at radius 2 is 1.47 bits per heavy atom. The topological polar surface area (TPSA) is 57.5 Å². The Hall–Kier alpha value is 0.360. The predicted molar refractivity (Wildman–Crippen MR) is 64.5 cm³/mol. The fourth-order valence-electron chi connectivity index (χ4n) is 1.92. The lowest BCUT2D eigenvalue weighted by atomic mass is 9.72. The number of alkyl halides is 1. The zero-order valence-electron chi connectivity index (χ0n) is 9.57. The van der Waals surface area contributed by atoms with Crippen LogP contribution in [0.1, 0.15) is 46.5 Å². The van der Waals surface area contributed by atoms with Crippen LogP contribution in [0.25, 0.3) is 0 Å². The minimum Gasteiger partial charge on any atom is -0.284 e. The average Bonchev–Trinajstić information content (AvgIpc) is 2.01. The molecule has 0 saturated heterocycles. The van der Waals surface area contributed by atoms with Crippen LogP contribution in [0.2, 0.25) is 0 Å². The Balaban J connectivity index is 0.000000423. The molecule has 3 nitrogen and oxygen atoms in total. The normalized spacial score (nSPS) is 27.1. The van der Waals surface area contributed by atoms with E-state index in [0.29, 0.717) is 10.8 Å². The minimum absolute atomic E-state index is 0.466. The lowest BCUT2D eigenvalue weighted by molar-refractivity contribution is 0.181. The fourth-order valence-corrected chi connectivity index (χ4v) is 2.17. The van der Waals surface area contributed by atoms with Crippen molar-refractivity contribution in [1.29, 1.82) is 0 Å². The van der Waals surface area contributed by atoms with Gasteiger partial charge in [-0.25, -0.2) is 0 Å². The van der Waals surface area contributed by atoms with Gasteiger partial charge in [0, 0.05) is 5.38 Å². The number of hydrogen-bond donors (Lipinski definition) is 2. The first-order chi connectivity index (χ1) is 6.73. The first kappa shape index (κ1) is 15.4. The highest BCUT2D eigenvalue weighted by Crippen LogP contribution is 2.38. The lowest BCUT2D eigenvalue weighted by Gasteiger charge is -2.35. The molecular formula is C10H21ClO3S. The molecule has 15 heavy (non-hydrogen) atoms. The number of halogens is 1. The minimum atomic E-state index is -2.61. The molecule has 0 aromatic rings. The van der Waals surface area contributed by atoms with E-state index in [9.17, 15) is 0 Å². The molecule has 92 valence electrons. The number of rotatable bonds is 0. The van der Waals surface area contributed by atoms with Crippen molar-refractivity contribution >= 4 is 23.0 Å². The third kappa shape index (κ3) is 8.20. The largest absolute Gasteiger partial charge is 0.299 e. The highest BCUT2D eigenvalue weighted by atomic mass is 35.5. The Labute approximate surface area is 99.7 Å². The van der Waals surface area contributed by atoms with Crippen molar-refractivity contribution in [3.63, 3.8) is 0 Å². The molecule has 0 bridgehead atoms. The molecule has 1 rings (SSSR count). The number of hydrogen-bond acceptors (Lipinski definition) is 1. The maximum absolute atomic E-state index is 8.67. The second-order valence-corrected chi connectivity index (χ2v) is 6.12. The van der Waals surface area contributed by atoms with Gasteiger partial charge in [-0.05, 0) is 37.0 Å². The van der Waals surface area contributed by atoms with Crippen LogP contribution in [0.5, 0.6) is 0 Å². The molecule has 2 N–H and O–H groups in total. The van der Waals surface area contributed by atoms with Gasteiger partial charge in [-0.2, -0.15) is 4.21 Å². The van der Waals surface area contributed by atoms with Gasteiger partial charge in [0.25, 0.3) is 11.4 Å². The van der Waals surface area contributed by atoms with Crippen LogP contribution >= 0.6 is 11.6 Å². The van der Waals surface area contributed by atoms with E-state index in [1.54, 1.807) is 0 Å². The summed E-state index contributed by atoms with van der Waals surface area (Å²) in [5.41, 5.74) is 0.497. The highest BCUT2D eigenvalue weighted by molar-refractivity contribution is 7.73. The van der Waals surface area contributed by atoms with Crippen LogP contribution in [0, 0.1) is 11.3 Å². The summed E-state index contributed by atoms with van der Waals surface area (Å²) >= 11 is 3.42. The monoisotopic (exact) mass is 256 g/mol. The van der Waals surface area contributed by atoms with Gasteiger partial charge in [0.1, 0.15) is 0 Å². The van der Waals surface area contributed by atoms with E-state index in [1.807, 2.05) is 0 Å². The van der Waals surface area contributed by atoms with E-state index < -0.39 is 11.4 Å². The summed E-state index contributed by atoms with van der Waals surface area (Å²) in [5.74, 6) is 0.900. The van der Waals surface area contributed by atoms with Crippen LogP contribution in [0.4, 0.5) is 0 Å². The standard InChI is InChI=1S/C10H19Cl.H2O3S/c1-10(2,3)8-4-6-9(11)7-5-8;1-4(2)3/h8-9H,4-7H2,1-3H3;(H2,1,2,3). The maximum Gasteiger partial charge on any atom is 0.299 e. The summed E-state index contributed by atoms with van der Waals surface area (Å²) in [6, 6.07) is 0. The fraction of sp³-hybridized carbons (Fsp3) is 1.00. The first-order valence-electron chi connectivity index (χ1n) is 5.17. The summed E-state index contributed by atoms with van der Waals surface area (Å²) < 4.78 is 22.8. The van der Waals surface area contributed by atoms with Crippen molar-refractivity contribution in [1.82, 2.24) is 0 Å². The van der Waals surface area contributed by atoms with Gasteiger partial charge >= 0.3 is 0 Å². The van der Waals surface area contributed by atoms with E-state index >= 15 is 0 Å². The van der Waals surface area contributed by atoms with Crippen molar-refractivity contribution in [3.05, 3.63) is 0 Å². The van der Waals surface area contributed by atoms with Crippen LogP contribution in [-0.4, -0.2) is 18.7 Å². The summed E-state index contributed by atoms with van der Waals surface area (Å²) in [6.07, 6.45) is 5.11. The van der Waals surface area contributed by atoms with E-state index in [1.165, 1.54) is 25.7 Å². The zero-order chi connectivity index (χ0) is 12.1. The van der Waals surface area contributed by atoms with Crippen LogP contribution in [-0.2, 0) is 11.4 Å². The lowest BCUT2D eigenvalue weighted by Crippen LogP contribution is -2.25. The Morgan fingerprint density at radius 1 is 1.13 bits per heavy atom. The molecule has 0 radical (unpaired) electrons. The average molecular weight is 257 g/mol. The second kappa shape index (κ2) is 6.84. The molecular weight excluding hydrogens is 236 g/mol. The molecule has 5 heteroatoms. The third-order valence-electron chi connectivity index (χ3n) is 2.88. The summed E-state index contributed by atoms with van der Waals surface area (Å²) in [4.78, 5) is 0. The molecule has 1 aliphatic rings. The van der Waals surface area contributed by atoms with Gasteiger partial charge in [0.05, 0.1) is 0 Å². The zero-order valence-corrected chi connectivity index (χ0v) is 11.1.